The number of halogens is 2. The Bertz CT molecular complexity index is 630. The minimum atomic E-state index is -0.239. The number of hydrazone groups is 1. The van der Waals surface area contributed by atoms with Crippen molar-refractivity contribution in [3.8, 4) is 0 Å². The van der Waals surface area contributed by atoms with E-state index in [9.17, 15) is 4.79 Å². The van der Waals surface area contributed by atoms with Crippen LogP contribution in [-0.2, 0) is 4.79 Å². The third-order valence-corrected chi connectivity index (χ3v) is 4.18. The van der Waals surface area contributed by atoms with Gasteiger partial charge in [-0.3, -0.25) is 4.79 Å². The Labute approximate surface area is 134 Å². The van der Waals surface area contributed by atoms with E-state index in [1.165, 1.54) is 11.3 Å². The summed E-state index contributed by atoms with van der Waals surface area (Å²) in [7, 11) is 0. The first kappa shape index (κ1) is 15.0. The van der Waals surface area contributed by atoms with Gasteiger partial charge in [0.25, 0.3) is 5.91 Å². The molecule has 0 spiro atoms. The molecule has 0 saturated carbocycles. The first-order chi connectivity index (χ1) is 9.65. The van der Waals surface area contributed by atoms with Crippen molar-refractivity contribution in [3.05, 3.63) is 50.1 Å². The monoisotopic (exact) mass is 371 g/mol. The lowest BCUT2D eigenvalue weighted by molar-refractivity contribution is -0.119. The van der Waals surface area contributed by atoms with Crippen molar-refractivity contribution in [3.63, 3.8) is 0 Å². The average molecular weight is 373 g/mol. The maximum atomic E-state index is 11.6. The molecule has 0 radical (unpaired) electrons. The summed E-state index contributed by atoms with van der Waals surface area (Å²) in [5, 5.41) is 7.40. The van der Waals surface area contributed by atoms with Crippen LogP contribution in [-0.4, -0.2) is 18.7 Å². The summed E-state index contributed by atoms with van der Waals surface area (Å²) in [6.07, 6.45) is 1.60. The zero-order valence-corrected chi connectivity index (χ0v) is 13.4. The minimum Gasteiger partial charge on any atom is -0.375 e. The quantitative estimate of drug-likeness (QED) is 0.621. The molecule has 0 unspecified atom stereocenters. The minimum absolute atomic E-state index is 0.106. The fourth-order valence-electron chi connectivity index (χ4n) is 1.39. The van der Waals surface area contributed by atoms with E-state index < -0.39 is 0 Å². The van der Waals surface area contributed by atoms with Gasteiger partial charge in [-0.1, -0.05) is 23.7 Å². The van der Waals surface area contributed by atoms with Crippen molar-refractivity contribution in [2.45, 2.75) is 0 Å². The second kappa shape index (κ2) is 7.42. The number of para-hydroxylation sites is 1. The van der Waals surface area contributed by atoms with E-state index in [2.05, 4.69) is 31.8 Å². The Morgan fingerprint density at radius 3 is 2.85 bits per heavy atom. The van der Waals surface area contributed by atoms with Gasteiger partial charge < -0.3 is 5.32 Å². The molecule has 1 amide bonds. The summed E-state index contributed by atoms with van der Waals surface area (Å²) in [5.74, 6) is -0.239. The van der Waals surface area contributed by atoms with Crippen LogP contribution in [0.25, 0.3) is 0 Å². The molecule has 0 bridgehead atoms. The van der Waals surface area contributed by atoms with Gasteiger partial charge in [0, 0.05) is 4.88 Å². The lowest BCUT2D eigenvalue weighted by atomic mass is 10.3. The third kappa shape index (κ3) is 4.63. The smallest absolute Gasteiger partial charge is 0.259 e. The van der Waals surface area contributed by atoms with E-state index in [0.717, 1.165) is 14.4 Å². The summed E-state index contributed by atoms with van der Waals surface area (Å²) in [4.78, 5) is 12.5. The van der Waals surface area contributed by atoms with Crippen LogP contribution in [0, 0.1) is 0 Å². The Balaban J connectivity index is 1.78. The Morgan fingerprint density at radius 1 is 1.35 bits per heavy atom. The van der Waals surface area contributed by atoms with Crippen molar-refractivity contribution >= 4 is 56.7 Å². The summed E-state index contributed by atoms with van der Waals surface area (Å²) in [5.41, 5.74) is 3.16. The van der Waals surface area contributed by atoms with Crippen LogP contribution in [0.1, 0.15) is 4.88 Å². The van der Waals surface area contributed by atoms with E-state index in [0.29, 0.717) is 5.02 Å². The summed E-state index contributed by atoms with van der Waals surface area (Å²) in [6, 6.07) is 11.1. The maximum Gasteiger partial charge on any atom is 0.259 e. The fourth-order valence-corrected chi connectivity index (χ4v) is 2.88. The molecule has 1 aromatic heterocycles. The molecule has 0 aliphatic carbocycles. The van der Waals surface area contributed by atoms with Crippen molar-refractivity contribution in [2.75, 3.05) is 11.9 Å². The normalized spacial score (nSPS) is 10.7. The molecule has 0 atom stereocenters. The first-order valence-electron chi connectivity index (χ1n) is 5.71. The number of carbonyl (C=O) groups excluding carboxylic acids is 1. The van der Waals surface area contributed by atoms with Crippen LogP contribution in [0.5, 0.6) is 0 Å². The maximum absolute atomic E-state index is 11.6. The SMILES string of the molecule is O=C(CNc1ccccc1Cl)N/N=C/c1ccc(Br)s1. The van der Waals surface area contributed by atoms with Gasteiger partial charge in [0.05, 0.1) is 27.3 Å². The molecule has 0 aliphatic rings. The highest BCUT2D eigenvalue weighted by Crippen LogP contribution is 2.20. The number of thiophene rings is 1. The lowest BCUT2D eigenvalue weighted by Gasteiger charge is -2.06. The molecule has 0 saturated heterocycles. The van der Waals surface area contributed by atoms with Crippen molar-refractivity contribution in [2.24, 2.45) is 5.10 Å². The van der Waals surface area contributed by atoms with Crippen LogP contribution < -0.4 is 10.7 Å². The molecule has 1 heterocycles. The number of rotatable bonds is 5. The lowest BCUT2D eigenvalue weighted by Crippen LogP contribution is -2.25. The predicted molar refractivity (Wildman–Crippen MR) is 87.7 cm³/mol. The van der Waals surface area contributed by atoms with Gasteiger partial charge in [-0.2, -0.15) is 5.10 Å². The molecule has 104 valence electrons. The number of hydrogen-bond donors (Lipinski definition) is 2. The van der Waals surface area contributed by atoms with Gasteiger partial charge in [-0.15, -0.1) is 11.3 Å². The molecule has 2 rings (SSSR count). The zero-order valence-electron chi connectivity index (χ0n) is 10.3. The van der Waals surface area contributed by atoms with Crippen molar-refractivity contribution in [1.29, 1.82) is 0 Å². The molecule has 7 heteroatoms. The van der Waals surface area contributed by atoms with Crippen LogP contribution in [0.2, 0.25) is 5.02 Å². The highest BCUT2D eigenvalue weighted by atomic mass is 79.9. The Kier molecular flexibility index (Phi) is 5.58. The number of benzene rings is 1. The van der Waals surface area contributed by atoms with Gasteiger partial charge >= 0.3 is 0 Å². The molecule has 0 fully saturated rings. The van der Waals surface area contributed by atoms with Gasteiger partial charge in [-0.25, -0.2) is 5.43 Å². The average Bonchev–Trinajstić information content (AvgIpc) is 2.83. The van der Waals surface area contributed by atoms with Crippen molar-refractivity contribution in [1.82, 2.24) is 5.43 Å². The van der Waals surface area contributed by atoms with E-state index in [1.807, 2.05) is 30.3 Å². The Morgan fingerprint density at radius 2 is 2.15 bits per heavy atom. The van der Waals surface area contributed by atoms with E-state index in [-0.39, 0.29) is 12.5 Å². The van der Waals surface area contributed by atoms with Crippen LogP contribution in [0.15, 0.2) is 45.3 Å². The third-order valence-electron chi connectivity index (χ3n) is 2.29. The number of anilines is 1. The van der Waals surface area contributed by atoms with E-state index >= 15 is 0 Å². The summed E-state index contributed by atoms with van der Waals surface area (Å²) in [6.45, 7) is 0.106. The largest absolute Gasteiger partial charge is 0.375 e. The van der Waals surface area contributed by atoms with Crippen LogP contribution in [0.4, 0.5) is 5.69 Å². The topological polar surface area (TPSA) is 53.5 Å². The Hall–Kier alpha value is -1.37. The second-order valence-electron chi connectivity index (χ2n) is 3.77. The zero-order chi connectivity index (χ0) is 14.4. The summed E-state index contributed by atoms with van der Waals surface area (Å²) >= 11 is 10.9. The number of hydrogen-bond acceptors (Lipinski definition) is 4. The van der Waals surface area contributed by atoms with Gasteiger partial charge in [0.15, 0.2) is 0 Å². The molecule has 0 aliphatic heterocycles. The van der Waals surface area contributed by atoms with Gasteiger partial charge in [0.1, 0.15) is 0 Å². The number of carbonyl (C=O) groups is 1. The van der Waals surface area contributed by atoms with Crippen molar-refractivity contribution < 1.29 is 4.79 Å². The molecule has 1 aromatic carbocycles. The molecular formula is C13H11BrClN3OS. The first-order valence-corrected chi connectivity index (χ1v) is 7.69. The number of nitrogens with one attached hydrogen (secondary N) is 2. The van der Waals surface area contributed by atoms with Crippen LogP contribution >= 0.6 is 38.9 Å². The second-order valence-corrected chi connectivity index (χ2v) is 6.67. The molecule has 20 heavy (non-hydrogen) atoms. The number of amides is 1. The standard InChI is InChI=1S/C13H11BrClN3OS/c14-12-6-5-9(20-12)7-17-18-13(19)8-16-11-4-2-1-3-10(11)15/h1-7,16H,8H2,(H,18,19)/b17-7+. The molecule has 4 nitrogen and oxygen atoms in total. The molecule has 2 aromatic rings. The molecular weight excluding hydrogens is 362 g/mol. The van der Waals surface area contributed by atoms with E-state index in [1.54, 1.807) is 12.3 Å². The highest BCUT2D eigenvalue weighted by Gasteiger charge is 2.02. The summed E-state index contributed by atoms with van der Waals surface area (Å²) < 4.78 is 1.02. The predicted octanol–water partition coefficient (Wildman–Crippen LogP) is 3.73. The fraction of sp³-hybridized carbons (Fsp3) is 0.0769. The number of nitrogens with zero attached hydrogens (tertiary/aromatic N) is 1. The van der Waals surface area contributed by atoms with Gasteiger partial charge in [0.2, 0.25) is 0 Å². The van der Waals surface area contributed by atoms with E-state index in [4.69, 9.17) is 11.6 Å². The van der Waals surface area contributed by atoms with Gasteiger partial charge in [-0.05, 0) is 40.2 Å². The van der Waals surface area contributed by atoms with Crippen LogP contribution in [0.3, 0.4) is 0 Å². The molecule has 2 N–H and O–H groups in total. The highest BCUT2D eigenvalue weighted by molar-refractivity contribution is 9.11.